The Kier molecular flexibility index (Phi) is 4.31. The van der Waals surface area contributed by atoms with E-state index in [9.17, 15) is 0 Å². The van der Waals surface area contributed by atoms with Crippen LogP contribution in [-0.2, 0) is 0 Å². The van der Waals surface area contributed by atoms with Crippen molar-refractivity contribution in [2.75, 3.05) is 6.54 Å². The number of hydrogen-bond acceptors (Lipinski definition) is 2. The van der Waals surface area contributed by atoms with Gasteiger partial charge >= 0.3 is 0 Å². The van der Waals surface area contributed by atoms with Crippen LogP contribution in [0.3, 0.4) is 0 Å². The van der Waals surface area contributed by atoms with Crippen LogP contribution in [0.1, 0.15) is 57.8 Å². The second-order valence-corrected chi connectivity index (χ2v) is 6.09. The maximum atomic E-state index is 5.58. The molecule has 1 aliphatic rings. The lowest BCUT2D eigenvalue weighted by Crippen LogP contribution is -2.33. The van der Waals surface area contributed by atoms with Crippen LogP contribution in [0.25, 0.3) is 0 Å². The fourth-order valence-corrected chi connectivity index (χ4v) is 3.13. The molecule has 0 amide bonds. The minimum Gasteiger partial charge on any atom is -0.453 e. The Morgan fingerprint density at radius 2 is 2.12 bits per heavy atom. The van der Waals surface area contributed by atoms with E-state index >= 15 is 0 Å². The number of rotatable bonds is 5. The molecule has 1 aromatic rings. The third-order valence-electron chi connectivity index (χ3n) is 4.22. The van der Waals surface area contributed by atoms with Crippen LogP contribution in [-0.4, -0.2) is 6.54 Å². The molecule has 96 valence electrons. The summed E-state index contributed by atoms with van der Waals surface area (Å²) >= 11 is 3.35. The van der Waals surface area contributed by atoms with Crippen LogP contribution in [0.15, 0.2) is 21.2 Å². The van der Waals surface area contributed by atoms with E-state index in [-0.39, 0.29) is 0 Å². The predicted octanol–water partition coefficient (Wildman–Crippen LogP) is 4.66. The zero-order chi connectivity index (χ0) is 12.3. The summed E-state index contributed by atoms with van der Waals surface area (Å²) in [6.45, 7) is 5.60. The molecule has 1 saturated carbocycles. The monoisotopic (exact) mass is 299 g/mol. The second-order valence-electron chi connectivity index (χ2n) is 5.31. The Morgan fingerprint density at radius 1 is 1.41 bits per heavy atom. The van der Waals surface area contributed by atoms with Gasteiger partial charge in [-0.05, 0) is 59.7 Å². The summed E-state index contributed by atoms with van der Waals surface area (Å²) in [4.78, 5) is 0. The van der Waals surface area contributed by atoms with Gasteiger partial charge in [-0.3, -0.25) is 0 Å². The van der Waals surface area contributed by atoms with Gasteiger partial charge in [0.05, 0.1) is 6.04 Å². The average molecular weight is 300 g/mol. The van der Waals surface area contributed by atoms with Crippen molar-refractivity contribution >= 4 is 15.9 Å². The Bertz CT molecular complexity index is 355. The van der Waals surface area contributed by atoms with E-state index in [1.54, 1.807) is 0 Å². The van der Waals surface area contributed by atoms with Gasteiger partial charge in [-0.2, -0.15) is 0 Å². The van der Waals surface area contributed by atoms with Crippen LogP contribution in [0.2, 0.25) is 0 Å². The first-order chi connectivity index (χ1) is 8.15. The van der Waals surface area contributed by atoms with Crippen molar-refractivity contribution in [2.24, 2.45) is 5.41 Å². The Hall–Kier alpha value is -0.280. The first-order valence-corrected chi connectivity index (χ1v) is 7.43. The molecule has 1 fully saturated rings. The molecule has 0 radical (unpaired) electrons. The maximum Gasteiger partial charge on any atom is 0.169 e. The van der Waals surface area contributed by atoms with Crippen molar-refractivity contribution in [2.45, 2.75) is 52.0 Å². The molecule has 0 spiro atoms. The second kappa shape index (κ2) is 5.57. The van der Waals surface area contributed by atoms with Crippen LogP contribution >= 0.6 is 15.9 Å². The molecule has 1 aliphatic carbocycles. The summed E-state index contributed by atoms with van der Waals surface area (Å²) < 4.78 is 6.39. The summed E-state index contributed by atoms with van der Waals surface area (Å²) in [5, 5.41) is 3.63. The molecule has 0 saturated heterocycles. The van der Waals surface area contributed by atoms with Crippen LogP contribution in [0.5, 0.6) is 0 Å². The van der Waals surface area contributed by atoms with Gasteiger partial charge in [-0.1, -0.05) is 19.8 Å². The highest BCUT2D eigenvalue weighted by Gasteiger charge is 2.32. The first-order valence-electron chi connectivity index (χ1n) is 6.64. The van der Waals surface area contributed by atoms with Crippen molar-refractivity contribution < 1.29 is 4.42 Å². The lowest BCUT2D eigenvalue weighted by atomic mass is 9.83. The van der Waals surface area contributed by atoms with Crippen molar-refractivity contribution in [3.63, 3.8) is 0 Å². The van der Waals surface area contributed by atoms with Gasteiger partial charge in [0.1, 0.15) is 5.76 Å². The van der Waals surface area contributed by atoms with Crippen LogP contribution in [0.4, 0.5) is 0 Å². The molecule has 0 aromatic carbocycles. The van der Waals surface area contributed by atoms with E-state index in [4.69, 9.17) is 4.42 Å². The summed E-state index contributed by atoms with van der Waals surface area (Å²) in [5.41, 5.74) is 0.540. The average Bonchev–Trinajstić information content (AvgIpc) is 2.95. The zero-order valence-electron chi connectivity index (χ0n) is 10.8. The minimum absolute atomic E-state index is 0.297. The molecule has 0 aliphatic heterocycles. The molecule has 1 aromatic heterocycles. The highest BCUT2D eigenvalue weighted by Crippen LogP contribution is 2.40. The molecule has 3 heteroatoms. The number of furan rings is 1. The summed E-state index contributed by atoms with van der Waals surface area (Å²) in [6.07, 6.45) is 6.84. The first kappa shape index (κ1) is 13.2. The van der Waals surface area contributed by atoms with Gasteiger partial charge in [-0.15, -0.1) is 0 Å². The van der Waals surface area contributed by atoms with Crippen LogP contribution < -0.4 is 5.32 Å². The van der Waals surface area contributed by atoms with Crippen molar-refractivity contribution in [1.29, 1.82) is 0 Å². The SMILES string of the molecule is CCC1(CNC(C)c2ccc(Br)o2)CCCC1. The number of halogens is 1. The topological polar surface area (TPSA) is 25.2 Å². The van der Waals surface area contributed by atoms with Crippen LogP contribution in [0, 0.1) is 5.41 Å². The standard InChI is InChI=1S/C14H22BrNO/c1-3-14(8-4-5-9-14)10-16-11(2)12-6-7-13(15)17-12/h6-7,11,16H,3-5,8-10H2,1-2H3. The van der Waals surface area contributed by atoms with Gasteiger partial charge in [-0.25, -0.2) is 0 Å². The Labute approximate surface area is 112 Å². The highest BCUT2D eigenvalue weighted by molar-refractivity contribution is 9.10. The summed E-state index contributed by atoms with van der Waals surface area (Å²) in [5.74, 6) is 1.01. The fourth-order valence-electron chi connectivity index (χ4n) is 2.81. The minimum atomic E-state index is 0.297. The van der Waals surface area contributed by atoms with Gasteiger partial charge in [0.15, 0.2) is 4.67 Å². The molecular formula is C14H22BrNO. The quantitative estimate of drug-likeness (QED) is 0.855. The van der Waals surface area contributed by atoms with Gasteiger partial charge in [0.2, 0.25) is 0 Å². The lowest BCUT2D eigenvalue weighted by molar-refractivity contribution is 0.252. The van der Waals surface area contributed by atoms with E-state index in [0.717, 1.165) is 17.0 Å². The molecule has 1 heterocycles. The normalized spacial score (nSPS) is 20.6. The zero-order valence-corrected chi connectivity index (χ0v) is 12.3. The highest BCUT2D eigenvalue weighted by atomic mass is 79.9. The van der Waals surface area contributed by atoms with E-state index < -0.39 is 0 Å². The van der Waals surface area contributed by atoms with Crippen molar-refractivity contribution in [1.82, 2.24) is 5.32 Å². The van der Waals surface area contributed by atoms with Gasteiger partial charge in [0.25, 0.3) is 0 Å². The third-order valence-corrected chi connectivity index (χ3v) is 4.64. The van der Waals surface area contributed by atoms with Gasteiger partial charge in [0, 0.05) is 6.54 Å². The molecule has 17 heavy (non-hydrogen) atoms. The Balaban J connectivity index is 1.89. The predicted molar refractivity (Wildman–Crippen MR) is 74.0 cm³/mol. The maximum absolute atomic E-state index is 5.58. The summed E-state index contributed by atoms with van der Waals surface area (Å²) in [6, 6.07) is 4.29. The molecule has 1 unspecified atom stereocenters. The molecule has 0 bridgehead atoms. The molecular weight excluding hydrogens is 278 g/mol. The fraction of sp³-hybridized carbons (Fsp3) is 0.714. The van der Waals surface area contributed by atoms with E-state index in [2.05, 4.69) is 35.1 Å². The largest absolute Gasteiger partial charge is 0.453 e. The molecule has 2 rings (SSSR count). The van der Waals surface area contributed by atoms with Crippen molar-refractivity contribution in [3.05, 3.63) is 22.6 Å². The third kappa shape index (κ3) is 3.14. The molecule has 2 nitrogen and oxygen atoms in total. The molecule has 1 N–H and O–H groups in total. The smallest absolute Gasteiger partial charge is 0.169 e. The summed E-state index contributed by atoms with van der Waals surface area (Å²) in [7, 11) is 0. The van der Waals surface area contributed by atoms with E-state index in [1.165, 1.54) is 32.1 Å². The number of nitrogens with one attached hydrogen (secondary N) is 1. The van der Waals surface area contributed by atoms with E-state index in [1.807, 2.05) is 12.1 Å². The van der Waals surface area contributed by atoms with Crippen molar-refractivity contribution in [3.8, 4) is 0 Å². The number of hydrogen-bond donors (Lipinski definition) is 1. The van der Waals surface area contributed by atoms with E-state index in [0.29, 0.717) is 11.5 Å². The lowest BCUT2D eigenvalue weighted by Gasteiger charge is -2.29. The Morgan fingerprint density at radius 3 is 2.65 bits per heavy atom. The molecule has 1 atom stereocenters. The van der Waals surface area contributed by atoms with Gasteiger partial charge < -0.3 is 9.73 Å².